The topological polar surface area (TPSA) is 23.6 Å². The minimum atomic E-state index is 0.236. The van der Waals surface area contributed by atoms with Gasteiger partial charge in [0.05, 0.1) is 0 Å². The molecule has 3 heteroatoms. The second kappa shape index (κ2) is 6.04. The van der Waals surface area contributed by atoms with Crippen molar-refractivity contribution in [1.82, 2.24) is 9.80 Å². The third-order valence-corrected chi connectivity index (χ3v) is 5.34. The van der Waals surface area contributed by atoms with E-state index in [1.54, 1.807) is 0 Å². The van der Waals surface area contributed by atoms with E-state index in [-0.39, 0.29) is 11.3 Å². The van der Waals surface area contributed by atoms with E-state index >= 15 is 0 Å². The Morgan fingerprint density at radius 3 is 2.64 bits per heavy atom. The Bertz CT molecular complexity index is 525. The second-order valence-electron chi connectivity index (χ2n) is 7.84. The van der Waals surface area contributed by atoms with Gasteiger partial charge in [0.15, 0.2) is 0 Å². The number of nitrogens with zero attached hydrogens (tertiary/aromatic N) is 2. The maximum Gasteiger partial charge on any atom is 0.225 e. The Hall–Kier alpha value is -1.35. The molecule has 0 radical (unpaired) electrons. The molecule has 1 heterocycles. The van der Waals surface area contributed by atoms with Crippen LogP contribution in [0.3, 0.4) is 0 Å². The van der Waals surface area contributed by atoms with Gasteiger partial charge in [-0.1, -0.05) is 44.2 Å². The molecule has 120 valence electrons. The maximum atomic E-state index is 12.4. The van der Waals surface area contributed by atoms with Gasteiger partial charge in [-0.05, 0) is 36.3 Å². The Morgan fingerprint density at radius 1 is 1.32 bits per heavy atom. The molecule has 22 heavy (non-hydrogen) atoms. The standard InChI is InChI=1S/C19H28N2O/c1-19(2)11-17(19)18(22)20(3)12-16-9-10-21(14-16)13-15-7-5-4-6-8-15/h4-8,16-17H,9-14H2,1-3H3/t16-,17+/m0/s1. The van der Waals surface area contributed by atoms with Crippen molar-refractivity contribution in [3.05, 3.63) is 35.9 Å². The first kappa shape index (κ1) is 15.5. The molecule has 0 bridgehead atoms. The molecule has 1 aromatic carbocycles. The highest BCUT2D eigenvalue weighted by molar-refractivity contribution is 5.82. The van der Waals surface area contributed by atoms with Crippen molar-refractivity contribution in [2.75, 3.05) is 26.7 Å². The summed E-state index contributed by atoms with van der Waals surface area (Å²) in [6.07, 6.45) is 2.26. The van der Waals surface area contributed by atoms with Crippen molar-refractivity contribution in [3.63, 3.8) is 0 Å². The molecule has 1 aliphatic heterocycles. The van der Waals surface area contributed by atoms with Gasteiger partial charge in [-0.25, -0.2) is 0 Å². The summed E-state index contributed by atoms with van der Waals surface area (Å²) in [6.45, 7) is 8.60. The van der Waals surface area contributed by atoms with Crippen LogP contribution in [0.1, 0.15) is 32.3 Å². The van der Waals surface area contributed by atoms with Crippen LogP contribution in [0.15, 0.2) is 30.3 Å². The number of carbonyl (C=O) groups excluding carboxylic acids is 1. The highest BCUT2D eigenvalue weighted by Crippen LogP contribution is 2.52. The normalized spacial score (nSPS) is 26.9. The number of hydrogen-bond acceptors (Lipinski definition) is 2. The zero-order valence-electron chi connectivity index (χ0n) is 14.1. The molecule has 1 aliphatic carbocycles. The number of hydrogen-bond donors (Lipinski definition) is 0. The van der Waals surface area contributed by atoms with Crippen LogP contribution in [-0.4, -0.2) is 42.4 Å². The Morgan fingerprint density at radius 2 is 2.00 bits per heavy atom. The molecule has 3 nitrogen and oxygen atoms in total. The van der Waals surface area contributed by atoms with Gasteiger partial charge in [-0.2, -0.15) is 0 Å². The largest absolute Gasteiger partial charge is 0.345 e. The molecule has 1 saturated carbocycles. The van der Waals surface area contributed by atoms with E-state index in [2.05, 4.69) is 49.1 Å². The number of amides is 1. The van der Waals surface area contributed by atoms with E-state index in [4.69, 9.17) is 0 Å². The summed E-state index contributed by atoms with van der Waals surface area (Å²) in [7, 11) is 1.98. The van der Waals surface area contributed by atoms with Gasteiger partial charge >= 0.3 is 0 Å². The van der Waals surface area contributed by atoms with E-state index in [0.29, 0.717) is 11.8 Å². The van der Waals surface area contributed by atoms with Crippen molar-refractivity contribution in [2.24, 2.45) is 17.3 Å². The molecule has 2 fully saturated rings. The van der Waals surface area contributed by atoms with Gasteiger partial charge in [-0.15, -0.1) is 0 Å². The van der Waals surface area contributed by atoms with Gasteiger partial charge in [-0.3, -0.25) is 9.69 Å². The van der Waals surface area contributed by atoms with Gasteiger partial charge < -0.3 is 4.90 Å². The Kier molecular flexibility index (Phi) is 4.26. The predicted molar refractivity (Wildman–Crippen MR) is 89.4 cm³/mol. The monoisotopic (exact) mass is 300 g/mol. The molecule has 0 unspecified atom stereocenters. The summed E-state index contributed by atoms with van der Waals surface area (Å²) < 4.78 is 0. The summed E-state index contributed by atoms with van der Waals surface area (Å²) in [5, 5.41) is 0. The lowest BCUT2D eigenvalue weighted by molar-refractivity contribution is -0.132. The Labute approximate surface area is 134 Å². The molecule has 0 spiro atoms. The van der Waals surface area contributed by atoms with Crippen LogP contribution in [0.5, 0.6) is 0 Å². The number of benzene rings is 1. The average Bonchev–Trinajstić information content (AvgIpc) is 2.91. The molecular weight excluding hydrogens is 272 g/mol. The molecule has 2 atom stereocenters. The average molecular weight is 300 g/mol. The smallest absolute Gasteiger partial charge is 0.225 e. The summed E-state index contributed by atoms with van der Waals surface area (Å²) in [6, 6.07) is 10.7. The van der Waals surface area contributed by atoms with Crippen LogP contribution in [0.25, 0.3) is 0 Å². The van der Waals surface area contributed by atoms with Gasteiger partial charge in [0.1, 0.15) is 0 Å². The molecule has 1 saturated heterocycles. The zero-order chi connectivity index (χ0) is 15.7. The predicted octanol–water partition coefficient (Wildman–Crippen LogP) is 3.01. The minimum Gasteiger partial charge on any atom is -0.345 e. The van der Waals surface area contributed by atoms with E-state index in [9.17, 15) is 4.79 Å². The zero-order valence-corrected chi connectivity index (χ0v) is 14.1. The summed E-state index contributed by atoms with van der Waals surface area (Å²) >= 11 is 0. The van der Waals surface area contributed by atoms with Gasteiger partial charge in [0.2, 0.25) is 5.91 Å². The summed E-state index contributed by atoms with van der Waals surface area (Å²) in [5.74, 6) is 1.24. The number of rotatable bonds is 5. The molecular formula is C19H28N2O. The second-order valence-corrected chi connectivity index (χ2v) is 7.84. The van der Waals surface area contributed by atoms with Crippen LogP contribution < -0.4 is 0 Å². The van der Waals surface area contributed by atoms with E-state index in [1.807, 2.05) is 11.9 Å². The third kappa shape index (κ3) is 3.52. The lowest BCUT2D eigenvalue weighted by Crippen LogP contribution is -2.34. The van der Waals surface area contributed by atoms with Crippen LogP contribution in [0, 0.1) is 17.3 Å². The van der Waals surface area contributed by atoms with E-state index in [0.717, 1.165) is 32.6 Å². The molecule has 2 aliphatic rings. The summed E-state index contributed by atoms with van der Waals surface area (Å²) in [4.78, 5) is 16.9. The van der Waals surface area contributed by atoms with Crippen molar-refractivity contribution in [1.29, 1.82) is 0 Å². The summed E-state index contributed by atoms with van der Waals surface area (Å²) in [5.41, 5.74) is 1.62. The molecule has 1 aromatic rings. The van der Waals surface area contributed by atoms with Crippen molar-refractivity contribution < 1.29 is 4.79 Å². The molecule has 1 amide bonds. The lowest BCUT2D eigenvalue weighted by atomic mass is 10.1. The van der Waals surface area contributed by atoms with Crippen LogP contribution in [0.2, 0.25) is 0 Å². The fraction of sp³-hybridized carbons (Fsp3) is 0.632. The van der Waals surface area contributed by atoms with E-state index < -0.39 is 0 Å². The van der Waals surface area contributed by atoms with Crippen LogP contribution >= 0.6 is 0 Å². The first-order chi connectivity index (χ1) is 10.5. The highest BCUT2D eigenvalue weighted by atomic mass is 16.2. The number of carbonyl (C=O) groups is 1. The Balaban J connectivity index is 1.46. The van der Waals surface area contributed by atoms with Crippen LogP contribution in [0.4, 0.5) is 0 Å². The van der Waals surface area contributed by atoms with Crippen LogP contribution in [-0.2, 0) is 11.3 Å². The first-order valence-electron chi connectivity index (χ1n) is 8.47. The highest BCUT2D eigenvalue weighted by Gasteiger charge is 2.51. The number of likely N-dealkylation sites (tertiary alicyclic amines) is 1. The van der Waals surface area contributed by atoms with Gasteiger partial charge in [0.25, 0.3) is 0 Å². The SMILES string of the molecule is CN(C[C@@H]1CCN(Cc2ccccc2)C1)C(=O)[C@H]1CC1(C)C. The van der Waals surface area contributed by atoms with Crippen molar-refractivity contribution in [3.8, 4) is 0 Å². The maximum absolute atomic E-state index is 12.4. The van der Waals surface area contributed by atoms with Crippen molar-refractivity contribution >= 4 is 5.91 Å². The minimum absolute atomic E-state index is 0.236. The van der Waals surface area contributed by atoms with Gasteiger partial charge in [0, 0.05) is 32.6 Å². The molecule has 0 aromatic heterocycles. The molecule has 3 rings (SSSR count). The first-order valence-corrected chi connectivity index (χ1v) is 8.47. The third-order valence-electron chi connectivity index (χ3n) is 5.34. The fourth-order valence-corrected chi connectivity index (χ4v) is 3.68. The van der Waals surface area contributed by atoms with Crippen molar-refractivity contribution in [2.45, 2.75) is 33.2 Å². The quantitative estimate of drug-likeness (QED) is 0.834. The van der Waals surface area contributed by atoms with E-state index in [1.165, 1.54) is 12.0 Å². The fourth-order valence-electron chi connectivity index (χ4n) is 3.68. The molecule has 0 N–H and O–H groups in total. The lowest BCUT2D eigenvalue weighted by Gasteiger charge is -2.22.